The molecule has 0 aromatic carbocycles. The Morgan fingerprint density at radius 3 is 2.33 bits per heavy atom. The van der Waals surface area contributed by atoms with Crippen LogP contribution in [0, 0.1) is 0 Å². The molecule has 1 aliphatic heterocycles. The minimum Gasteiger partial charge on any atom is -0.381 e. The van der Waals surface area contributed by atoms with Gasteiger partial charge in [-0.25, -0.2) is 0 Å². The molecule has 2 aliphatic rings. The largest absolute Gasteiger partial charge is 0.381 e. The molecule has 0 amide bonds. The van der Waals surface area contributed by atoms with Gasteiger partial charge in [-0.15, -0.1) is 0 Å². The van der Waals surface area contributed by atoms with Crippen molar-refractivity contribution in [2.24, 2.45) is 5.73 Å². The number of piperidine rings is 1. The van der Waals surface area contributed by atoms with Crippen molar-refractivity contribution in [3.05, 3.63) is 0 Å². The van der Waals surface area contributed by atoms with Gasteiger partial charge < -0.3 is 10.5 Å². The van der Waals surface area contributed by atoms with Crippen molar-refractivity contribution in [3.8, 4) is 0 Å². The normalized spacial score (nSPS) is 35.6. The van der Waals surface area contributed by atoms with Crippen molar-refractivity contribution in [1.82, 2.24) is 4.90 Å². The summed E-state index contributed by atoms with van der Waals surface area (Å²) in [5.74, 6) is 0. The van der Waals surface area contributed by atoms with Crippen molar-refractivity contribution >= 4 is 0 Å². The van der Waals surface area contributed by atoms with E-state index in [0.717, 1.165) is 0 Å². The number of ether oxygens (including phenoxy) is 1. The summed E-state index contributed by atoms with van der Waals surface area (Å²) in [4.78, 5) is 2.60. The minimum atomic E-state index is 0.415. The van der Waals surface area contributed by atoms with Crippen molar-refractivity contribution in [2.75, 3.05) is 20.2 Å². The third-order valence-electron chi connectivity index (χ3n) is 4.06. The summed E-state index contributed by atoms with van der Waals surface area (Å²) < 4.78 is 5.40. The van der Waals surface area contributed by atoms with Gasteiger partial charge in [-0.05, 0) is 25.7 Å². The highest BCUT2D eigenvalue weighted by Gasteiger charge is 2.30. The molecule has 0 unspecified atom stereocenters. The van der Waals surface area contributed by atoms with Gasteiger partial charge in [0.15, 0.2) is 0 Å². The van der Waals surface area contributed by atoms with Crippen LogP contribution in [-0.2, 0) is 4.74 Å². The standard InChI is InChI=1S/C12H24N2O/c1-15-10-6-8-14(9-7-10)12-5-3-2-4-11(12)13/h10-12H,2-9,13H2,1H3/t11-,12-/m1/s1. The van der Waals surface area contributed by atoms with E-state index in [4.69, 9.17) is 10.5 Å². The summed E-state index contributed by atoms with van der Waals surface area (Å²) in [5, 5.41) is 0. The van der Waals surface area contributed by atoms with Gasteiger partial charge in [0.1, 0.15) is 0 Å². The zero-order valence-electron chi connectivity index (χ0n) is 9.82. The van der Waals surface area contributed by atoms with E-state index in [1.807, 2.05) is 7.11 Å². The molecule has 2 atom stereocenters. The fourth-order valence-corrected chi connectivity index (χ4v) is 3.04. The van der Waals surface area contributed by atoms with Crippen LogP contribution in [-0.4, -0.2) is 43.3 Å². The molecule has 3 heteroatoms. The summed E-state index contributed by atoms with van der Waals surface area (Å²) in [7, 11) is 1.83. The predicted octanol–water partition coefficient (Wildman–Crippen LogP) is 1.37. The second kappa shape index (κ2) is 5.28. The maximum absolute atomic E-state index is 6.20. The van der Waals surface area contributed by atoms with E-state index in [-0.39, 0.29) is 0 Å². The van der Waals surface area contributed by atoms with Gasteiger partial charge in [-0.2, -0.15) is 0 Å². The molecule has 0 aromatic heterocycles. The maximum Gasteiger partial charge on any atom is 0.0595 e. The molecular weight excluding hydrogens is 188 g/mol. The predicted molar refractivity (Wildman–Crippen MR) is 61.8 cm³/mol. The van der Waals surface area contributed by atoms with Gasteiger partial charge in [-0.1, -0.05) is 12.8 Å². The lowest BCUT2D eigenvalue weighted by Crippen LogP contribution is -2.52. The molecule has 15 heavy (non-hydrogen) atoms. The molecule has 88 valence electrons. The van der Waals surface area contributed by atoms with E-state index in [2.05, 4.69) is 4.90 Å². The Morgan fingerprint density at radius 2 is 1.73 bits per heavy atom. The van der Waals surface area contributed by atoms with Crippen LogP contribution < -0.4 is 5.73 Å². The maximum atomic E-state index is 6.20. The fraction of sp³-hybridized carbons (Fsp3) is 1.00. The topological polar surface area (TPSA) is 38.5 Å². The number of nitrogens with two attached hydrogens (primary N) is 1. The summed E-state index contributed by atoms with van der Waals surface area (Å²) in [6, 6.07) is 1.06. The lowest BCUT2D eigenvalue weighted by Gasteiger charge is -2.41. The van der Waals surface area contributed by atoms with Crippen LogP contribution in [0.5, 0.6) is 0 Å². The summed E-state index contributed by atoms with van der Waals surface area (Å²) in [6.07, 6.45) is 8.06. The third kappa shape index (κ3) is 2.71. The first-order valence-corrected chi connectivity index (χ1v) is 6.33. The Kier molecular flexibility index (Phi) is 4.00. The molecule has 0 radical (unpaired) electrons. The Balaban J connectivity index is 1.83. The van der Waals surface area contributed by atoms with E-state index in [1.165, 1.54) is 51.6 Å². The van der Waals surface area contributed by atoms with Gasteiger partial charge >= 0.3 is 0 Å². The molecule has 1 aliphatic carbocycles. The number of hydrogen-bond acceptors (Lipinski definition) is 3. The number of likely N-dealkylation sites (tertiary alicyclic amines) is 1. The van der Waals surface area contributed by atoms with Gasteiger partial charge in [0.05, 0.1) is 6.10 Å². The van der Waals surface area contributed by atoms with Crippen LogP contribution >= 0.6 is 0 Å². The zero-order chi connectivity index (χ0) is 10.7. The Hall–Kier alpha value is -0.120. The molecular formula is C12H24N2O. The second-order valence-electron chi connectivity index (χ2n) is 4.99. The quantitative estimate of drug-likeness (QED) is 0.751. The van der Waals surface area contributed by atoms with Crippen molar-refractivity contribution in [1.29, 1.82) is 0 Å². The highest BCUT2D eigenvalue weighted by atomic mass is 16.5. The molecule has 2 rings (SSSR count). The first kappa shape index (κ1) is 11.4. The first-order valence-electron chi connectivity index (χ1n) is 6.33. The van der Waals surface area contributed by atoms with Crippen LogP contribution in [0.3, 0.4) is 0 Å². The van der Waals surface area contributed by atoms with E-state index < -0.39 is 0 Å². The summed E-state index contributed by atoms with van der Waals surface area (Å²) in [6.45, 7) is 2.35. The minimum absolute atomic E-state index is 0.415. The van der Waals surface area contributed by atoms with Crippen LogP contribution in [0.4, 0.5) is 0 Å². The molecule has 1 saturated heterocycles. The molecule has 0 bridgehead atoms. The van der Waals surface area contributed by atoms with Crippen LogP contribution in [0.2, 0.25) is 0 Å². The molecule has 0 aromatic rings. The molecule has 1 saturated carbocycles. The number of hydrogen-bond donors (Lipinski definition) is 1. The van der Waals surface area contributed by atoms with E-state index in [1.54, 1.807) is 0 Å². The van der Waals surface area contributed by atoms with E-state index in [0.29, 0.717) is 18.2 Å². The highest BCUT2D eigenvalue weighted by Crippen LogP contribution is 2.25. The molecule has 2 fully saturated rings. The highest BCUT2D eigenvalue weighted by molar-refractivity contribution is 4.88. The first-order chi connectivity index (χ1) is 7.31. The SMILES string of the molecule is COC1CCN([C@@H]2CCCC[C@H]2N)CC1. The number of nitrogens with zero attached hydrogens (tertiary/aromatic N) is 1. The Labute approximate surface area is 93.0 Å². The van der Waals surface area contributed by atoms with Crippen molar-refractivity contribution in [2.45, 2.75) is 56.7 Å². The van der Waals surface area contributed by atoms with E-state index in [9.17, 15) is 0 Å². The lowest BCUT2D eigenvalue weighted by atomic mass is 9.88. The summed E-state index contributed by atoms with van der Waals surface area (Å²) >= 11 is 0. The fourth-order valence-electron chi connectivity index (χ4n) is 3.04. The average Bonchev–Trinajstić information content (AvgIpc) is 2.30. The molecule has 2 N–H and O–H groups in total. The van der Waals surface area contributed by atoms with Crippen molar-refractivity contribution in [3.63, 3.8) is 0 Å². The van der Waals surface area contributed by atoms with Crippen molar-refractivity contribution < 1.29 is 4.74 Å². The summed E-state index contributed by atoms with van der Waals surface area (Å²) in [5.41, 5.74) is 6.20. The second-order valence-corrected chi connectivity index (χ2v) is 4.99. The smallest absolute Gasteiger partial charge is 0.0595 e. The molecule has 1 heterocycles. The lowest BCUT2D eigenvalue weighted by molar-refractivity contribution is 0.0171. The van der Waals surface area contributed by atoms with Crippen LogP contribution in [0.25, 0.3) is 0 Å². The van der Waals surface area contributed by atoms with Gasteiger partial charge in [0.2, 0.25) is 0 Å². The van der Waals surface area contributed by atoms with E-state index >= 15 is 0 Å². The molecule has 0 spiro atoms. The zero-order valence-corrected chi connectivity index (χ0v) is 9.82. The van der Waals surface area contributed by atoms with Crippen LogP contribution in [0.15, 0.2) is 0 Å². The number of methoxy groups -OCH3 is 1. The molecule has 3 nitrogen and oxygen atoms in total. The third-order valence-corrected chi connectivity index (χ3v) is 4.06. The van der Waals surface area contributed by atoms with Crippen LogP contribution in [0.1, 0.15) is 38.5 Å². The number of rotatable bonds is 2. The Bertz CT molecular complexity index is 190. The average molecular weight is 212 g/mol. The monoisotopic (exact) mass is 212 g/mol. The van der Waals surface area contributed by atoms with Gasteiger partial charge in [0, 0.05) is 32.3 Å². The van der Waals surface area contributed by atoms with Gasteiger partial charge in [0.25, 0.3) is 0 Å². The van der Waals surface area contributed by atoms with Gasteiger partial charge in [-0.3, -0.25) is 4.90 Å². The Morgan fingerprint density at radius 1 is 1.07 bits per heavy atom.